The van der Waals surface area contributed by atoms with Gasteiger partial charge in [-0.3, -0.25) is 0 Å². The Kier molecular flexibility index (Phi) is 4.95. The smallest absolute Gasteiger partial charge is 0.241 e. The van der Waals surface area contributed by atoms with E-state index in [2.05, 4.69) is 25.6 Å². The number of nitrogens with one attached hydrogen (secondary N) is 1. The van der Waals surface area contributed by atoms with Gasteiger partial charge in [-0.25, -0.2) is 18.1 Å². The molecule has 7 heteroatoms. The topological polar surface area (TPSA) is 59.1 Å². The molecule has 0 radical (unpaired) electrons. The van der Waals surface area contributed by atoms with Crippen LogP contribution in [-0.4, -0.2) is 13.4 Å². The molecule has 1 heterocycles. The van der Waals surface area contributed by atoms with Crippen LogP contribution in [0, 0.1) is 6.92 Å². The van der Waals surface area contributed by atoms with Gasteiger partial charge in [0.1, 0.15) is 5.01 Å². The predicted molar refractivity (Wildman–Crippen MR) is 84.3 cm³/mol. The van der Waals surface area contributed by atoms with Crippen molar-refractivity contribution < 1.29 is 8.42 Å². The van der Waals surface area contributed by atoms with Crippen molar-refractivity contribution in [1.82, 2.24) is 9.71 Å². The van der Waals surface area contributed by atoms with E-state index in [9.17, 15) is 8.42 Å². The lowest BCUT2D eigenvalue weighted by atomic mass is 10.2. The molecule has 20 heavy (non-hydrogen) atoms. The van der Waals surface area contributed by atoms with Crippen LogP contribution in [0.4, 0.5) is 0 Å². The second-order valence-electron chi connectivity index (χ2n) is 4.36. The third-order valence-corrected chi connectivity index (χ3v) is 5.89. The molecule has 0 aliphatic heterocycles. The Morgan fingerprint density at radius 1 is 1.45 bits per heavy atom. The molecule has 4 nitrogen and oxygen atoms in total. The van der Waals surface area contributed by atoms with Gasteiger partial charge in [0.05, 0.1) is 10.9 Å². The maximum absolute atomic E-state index is 12.5. The molecule has 0 saturated carbocycles. The molecule has 0 bridgehead atoms. The minimum absolute atomic E-state index is 0.293. The molecular formula is C13H15BrN2O2S2. The number of benzene rings is 1. The Morgan fingerprint density at radius 3 is 2.80 bits per heavy atom. The van der Waals surface area contributed by atoms with Crippen molar-refractivity contribution in [2.24, 2.45) is 0 Å². The fourth-order valence-electron chi connectivity index (χ4n) is 1.83. The van der Waals surface area contributed by atoms with E-state index in [0.717, 1.165) is 15.0 Å². The Balaban J connectivity index is 2.33. The summed E-state index contributed by atoms with van der Waals surface area (Å²) >= 11 is 4.76. The lowest BCUT2D eigenvalue weighted by Crippen LogP contribution is -2.28. The third-order valence-electron chi connectivity index (χ3n) is 2.89. The minimum Gasteiger partial charge on any atom is -0.248 e. The molecule has 0 spiro atoms. The fraction of sp³-hybridized carbons (Fsp3) is 0.308. The summed E-state index contributed by atoms with van der Waals surface area (Å²) in [7, 11) is -3.56. The highest BCUT2D eigenvalue weighted by Gasteiger charge is 2.23. The standard InChI is InChI=1S/C13H15BrN2O2S2/c1-3-11(13-15-6-7-19-13)16-20(17,18)12-8-10(14)5-4-9(12)2/h4-8,11,16H,3H2,1-2H3. The Bertz CT molecular complexity index is 684. The van der Waals surface area contributed by atoms with Crippen molar-refractivity contribution in [1.29, 1.82) is 0 Å². The molecular weight excluding hydrogens is 360 g/mol. The lowest BCUT2D eigenvalue weighted by Gasteiger charge is -2.16. The Labute approximate surface area is 131 Å². The zero-order chi connectivity index (χ0) is 14.8. The van der Waals surface area contributed by atoms with Crippen LogP contribution in [0.1, 0.15) is 30.0 Å². The first kappa shape index (κ1) is 15.6. The van der Waals surface area contributed by atoms with Gasteiger partial charge in [-0.2, -0.15) is 0 Å². The van der Waals surface area contributed by atoms with Crippen molar-refractivity contribution in [3.05, 3.63) is 44.8 Å². The summed E-state index contributed by atoms with van der Waals surface area (Å²) in [4.78, 5) is 4.48. The normalized spacial score (nSPS) is 13.3. The Hall–Kier alpha value is -0.760. The van der Waals surface area contributed by atoms with Crippen LogP contribution in [0.25, 0.3) is 0 Å². The maximum atomic E-state index is 12.5. The highest BCUT2D eigenvalue weighted by atomic mass is 79.9. The molecule has 2 aromatic rings. The van der Waals surface area contributed by atoms with Gasteiger partial charge < -0.3 is 0 Å². The van der Waals surface area contributed by atoms with Crippen molar-refractivity contribution in [3.63, 3.8) is 0 Å². The molecule has 1 atom stereocenters. The number of rotatable bonds is 5. The van der Waals surface area contributed by atoms with E-state index in [0.29, 0.717) is 11.3 Å². The van der Waals surface area contributed by atoms with E-state index < -0.39 is 10.0 Å². The summed E-state index contributed by atoms with van der Waals surface area (Å²) in [6.07, 6.45) is 2.33. The fourth-order valence-corrected chi connectivity index (χ4v) is 4.74. The maximum Gasteiger partial charge on any atom is 0.241 e. The first-order valence-electron chi connectivity index (χ1n) is 6.12. The molecule has 0 aliphatic carbocycles. The van der Waals surface area contributed by atoms with E-state index in [-0.39, 0.29) is 6.04 Å². The second-order valence-corrected chi connectivity index (χ2v) is 7.89. The first-order chi connectivity index (χ1) is 9.44. The van der Waals surface area contributed by atoms with Crippen LogP contribution in [0.15, 0.2) is 39.1 Å². The summed E-state index contributed by atoms with van der Waals surface area (Å²) in [6.45, 7) is 3.72. The van der Waals surface area contributed by atoms with Crippen molar-refractivity contribution in [3.8, 4) is 0 Å². The lowest BCUT2D eigenvalue weighted by molar-refractivity contribution is 0.548. The number of thiazole rings is 1. The molecule has 1 aromatic heterocycles. The van der Waals surface area contributed by atoms with Crippen molar-refractivity contribution in [2.45, 2.75) is 31.2 Å². The minimum atomic E-state index is -3.56. The average Bonchev–Trinajstić information content (AvgIpc) is 2.92. The summed E-state index contributed by atoms with van der Waals surface area (Å²) in [6, 6.07) is 4.93. The van der Waals surface area contributed by atoms with Crippen LogP contribution in [0.3, 0.4) is 0 Å². The zero-order valence-electron chi connectivity index (χ0n) is 11.1. The van der Waals surface area contributed by atoms with Gasteiger partial charge in [-0.1, -0.05) is 28.9 Å². The number of sulfonamides is 1. The molecule has 1 unspecified atom stereocenters. The largest absolute Gasteiger partial charge is 0.248 e. The summed E-state index contributed by atoms with van der Waals surface area (Å²) < 4.78 is 28.5. The van der Waals surface area contributed by atoms with Crippen molar-refractivity contribution in [2.75, 3.05) is 0 Å². The Morgan fingerprint density at radius 2 is 2.20 bits per heavy atom. The molecule has 0 aliphatic rings. The average molecular weight is 375 g/mol. The van der Waals surface area contributed by atoms with Gasteiger partial charge in [0.25, 0.3) is 0 Å². The van der Waals surface area contributed by atoms with Crippen LogP contribution in [-0.2, 0) is 10.0 Å². The molecule has 1 N–H and O–H groups in total. The molecule has 1 aromatic carbocycles. The summed E-state index contributed by atoms with van der Waals surface area (Å²) in [5.41, 5.74) is 0.717. The number of hydrogen-bond donors (Lipinski definition) is 1. The van der Waals surface area contributed by atoms with Gasteiger partial charge in [0, 0.05) is 16.0 Å². The van der Waals surface area contributed by atoms with E-state index in [1.807, 2.05) is 18.4 Å². The molecule has 108 valence electrons. The highest BCUT2D eigenvalue weighted by Crippen LogP contribution is 2.25. The van der Waals surface area contributed by atoms with Gasteiger partial charge in [-0.15, -0.1) is 11.3 Å². The number of aryl methyl sites for hydroxylation is 1. The number of aromatic nitrogens is 1. The number of nitrogens with zero attached hydrogens (tertiary/aromatic N) is 1. The number of halogens is 1. The van der Waals surface area contributed by atoms with Gasteiger partial charge >= 0.3 is 0 Å². The molecule has 0 saturated heterocycles. The van der Waals surface area contributed by atoms with E-state index in [1.165, 1.54) is 11.3 Å². The molecule has 0 fully saturated rings. The zero-order valence-corrected chi connectivity index (χ0v) is 14.3. The van der Waals surface area contributed by atoms with Crippen molar-refractivity contribution >= 4 is 37.3 Å². The first-order valence-corrected chi connectivity index (χ1v) is 9.27. The van der Waals surface area contributed by atoms with Crippen LogP contribution in [0.2, 0.25) is 0 Å². The van der Waals surface area contributed by atoms with Crippen LogP contribution >= 0.6 is 27.3 Å². The van der Waals surface area contributed by atoms with E-state index >= 15 is 0 Å². The van der Waals surface area contributed by atoms with E-state index in [1.54, 1.807) is 25.3 Å². The SMILES string of the molecule is CCC(NS(=O)(=O)c1cc(Br)ccc1C)c1nccs1. The van der Waals surface area contributed by atoms with Gasteiger partial charge in [-0.05, 0) is 31.0 Å². The molecule has 2 rings (SSSR count). The summed E-state index contributed by atoms with van der Waals surface area (Å²) in [5, 5.41) is 2.63. The van der Waals surface area contributed by atoms with Gasteiger partial charge in [0.2, 0.25) is 10.0 Å². The number of hydrogen-bond acceptors (Lipinski definition) is 4. The second kappa shape index (κ2) is 6.34. The van der Waals surface area contributed by atoms with Gasteiger partial charge in [0.15, 0.2) is 0 Å². The summed E-state index contributed by atoms with van der Waals surface area (Å²) in [5.74, 6) is 0. The quantitative estimate of drug-likeness (QED) is 0.868. The van der Waals surface area contributed by atoms with Crippen LogP contribution < -0.4 is 4.72 Å². The third kappa shape index (κ3) is 3.46. The predicted octanol–water partition coefficient (Wildman–Crippen LogP) is 3.64. The monoisotopic (exact) mass is 374 g/mol. The highest BCUT2D eigenvalue weighted by molar-refractivity contribution is 9.10. The van der Waals surface area contributed by atoms with Crippen LogP contribution in [0.5, 0.6) is 0 Å². The molecule has 0 amide bonds. The van der Waals surface area contributed by atoms with E-state index in [4.69, 9.17) is 0 Å².